The summed E-state index contributed by atoms with van der Waals surface area (Å²) in [7, 11) is 0. The zero-order valence-corrected chi connectivity index (χ0v) is 13.6. The minimum absolute atomic E-state index is 0.412. The second-order valence-electron chi connectivity index (χ2n) is 5.46. The van der Waals surface area contributed by atoms with Crippen LogP contribution >= 0.6 is 11.8 Å². The van der Waals surface area contributed by atoms with E-state index in [0.29, 0.717) is 24.1 Å². The van der Waals surface area contributed by atoms with Gasteiger partial charge in [0.1, 0.15) is 0 Å². The van der Waals surface area contributed by atoms with Gasteiger partial charge in [0.15, 0.2) is 0 Å². The largest absolute Gasteiger partial charge is 0.393 e. The van der Waals surface area contributed by atoms with E-state index in [1.807, 2.05) is 12.1 Å². The summed E-state index contributed by atoms with van der Waals surface area (Å²) < 4.78 is 5.22. The maximum atomic E-state index is 9.92. The molecule has 0 saturated heterocycles. The number of aromatic nitrogens is 2. The Morgan fingerprint density at radius 2 is 1.95 bits per heavy atom. The van der Waals surface area contributed by atoms with E-state index in [0.717, 1.165) is 17.7 Å². The predicted molar refractivity (Wildman–Crippen MR) is 85.3 cm³/mol. The van der Waals surface area contributed by atoms with E-state index in [9.17, 15) is 5.11 Å². The molecular weight excluding hydrogens is 284 g/mol. The Kier molecular flexibility index (Phi) is 5.82. The molecule has 0 spiro atoms. The van der Waals surface area contributed by atoms with Crippen LogP contribution in [0.15, 0.2) is 33.7 Å². The van der Waals surface area contributed by atoms with Crippen molar-refractivity contribution in [1.82, 2.24) is 10.1 Å². The van der Waals surface area contributed by atoms with Crippen LogP contribution in [0.2, 0.25) is 0 Å². The van der Waals surface area contributed by atoms with Gasteiger partial charge in [0, 0.05) is 10.5 Å². The van der Waals surface area contributed by atoms with Crippen LogP contribution in [-0.4, -0.2) is 27.1 Å². The van der Waals surface area contributed by atoms with Crippen LogP contribution in [0.25, 0.3) is 11.4 Å². The van der Waals surface area contributed by atoms with E-state index < -0.39 is 6.10 Å². The second kappa shape index (κ2) is 7.61. The first kappa shape index (κ1) is 16.0. The normalized spacial score (nSPS) is 12.8. The molecule has 1 heterocycles. The summed E-state index contributed by atoms with van der Waals surface area (Å²) in [6, 6.07) is 8.12. The van der Waals surface area contributed by atoms with Gasteiger partial charge in [-0.25, -0.2) is 0 Å². The average molecular weight is 306 g/mol. The number of rotatable bonds is 7. The maximum Gasteiger partial charge on any atom is 0.229 e. The van der Waals surface area contributed by atoms with Crippen molar-refractivity contribution in [2.24, 2.45) is 5.92 Å². The third kappa shape index (κ3) is 4.86. The monoisotopic (exact) mass is 306 g/mol. The van der Waals surface area contributed by atoms with Gasteiger partial charge in [0.25, 0.3) is 0 Å². The SMILES string of the molecule is CCSc1ccc(-c2noc(CC(O)CC(C)C)n2)cc1. The average Bonchev–Trinajstić information content (AvgIpc) is 2.87. The van der Waals surface area contributed by atoms with Gasteiger partial charge in [0.05, 0.1) is 12.5 Å². The number of aliphatic hydroxyl groups excluding tert-OH is 1. The van der Waals surface area contributed by atoms with Crippen LogP contribution in [0.4, 0.5) is 0 Å². The minimum atomic E-state index is -0.429. The van der Waals surface area contributed by atoms with Crippen molar-refractivity contribution in [1.29, 1.82) is 0 Å². The van der Waals surface area contributed by atoms with Gasteiger partial charge in [-0.05, 0) is 42.4 Å². The van der Waals surface area contributed by atoms with Crippen LogP contribution in [0, 0.1) is 5.92 Å². The molecule has 0 saturated carbocycles. The van der Waals surface area contributed by atoms with Crippen LogP contribution in [0.1, 0.15) is 33.1 Å². The quantitative estimate of drug-likeness (QED) is 0.788. The van der Waals surface area contributed by atoms with E-state index in [4.69, 9.17) is 4.52 Å². The number of nitrogens with zero attached hydrogens (tertiary/aromatic N) is 2. The Morgan fingerprint density at radius 3 is 2.57 bits per heavy atom. The fourth-order valence-electron chi connectivity index (χ4n) is 2.15. The first-order valence-electron chi connectivity index (χ1n) is 7.32. The Bertz CT molecular complexity index is 552. The molecule has 0 radical (unpaired) electrons. The molecule has 1 aromatic carbocycles. The molecule has 0 bridgehead atoms. The lowest BCUT2D eigenvalue weighted by Crippen LogP contribution is -2.13. The third-order valence-corrected chi connectivity index (χ3v) is 3.94. The highest BCUT2D eigenvalue weighted by molar-refractivity contribution is 7.99. The molecule has 1 atom stereocenters. The number of thioether (sulfide) groups is 1. The molecule has 0 fully saturated rings. The number of hydrogen-bond donors (Lipinski definition) is 1. The Balaban J connectivity index is 2.02. The summed E-state index contributed by atoms with van der Waals surface area (Å²) in [4.78, 5) is 5.59. The standard InChI is InChI=1S/C16H22N2O2S/c1-4-21-14-7-5-12(6-8-14)16-17-15(20-18-16)10-13(19)9-11(2)3/h5-8,11,13,19H,4,9-10H2,1-3H3. The van der Waals surface area contributed by atoms with Crippen molar-refractivity contribution in [2.75, 3.05) is 5.75 Å². The van der Waals surface area contributed by atoms with Gasteiger partial charge in [-0.2, -0.15) is 4.98 Å². The highest BCUT2D eigenvalue weighted by Gasteiger charge is 2.14. The minimum Gasteiger partial charge on any atom is -0.393 e. The van der Waals surface area contributed by atoms with Crippen LogP contribution in [-0.2, 0) is 6.42 Å². The lowest BCUT2D eigenvalue weighted by atomic mass is 10.0. The van der Waals surface area contributed by atoms with Gasteiger partial charge < -0.3 is 9.63 Å². The first-order chi connectivity index (χ1) is 10.1. The van der Waals surface area contributed by atoms with E-state index >= 15 is 0 Å². The summed E-state index contributed by atoms with van der Waals surface area (Å²) in [6.07, 6.45) is 0.719. The highest BCUT2D eigenvalue weighted by atomic mass is 32.2. The Hall–Kier alpha value is -1.33. The maximum absolute atomic E-state index is 9.92. The van der Waals surface area contributed by atoms with Crippen molar-refractivity contribution in [3.8, 4) is 11.4 Å². The Labute approximate surface area is 130 Å². The zero-order valence-electron chi connectivity index (χ0n) is 12.7. The number of aliphatic hydroxyl groups is 1. The lowest BCUT2D eigenvalue weighted by molar-refractivity contribution is 0.138. The summed E-state index contributed by atoms with van der Waals surface area (Å²) >= 11 is 1.80. The molecule has 114 valence electrons. The molecule has 5 heteroatoms. The molecule has 0 aliphatic heterocycles. The van der Waals surface area contributed by atoms with E-state index in [2.05, 4.69) is 43.0 Å². The van der Waals surface area contributed by atoms with Gasteiger partial charge in [0.2, 0.25) is 11.7 Å². The first-order valence-corrected chi connectivity index (χ1v) is 8.31. The summed E-state index contributed by atoms with van der Waals surface area (Å²) in [5.41, 5.74) is 0.934. The van der Waals surface area contributed by atoms with E-state index in [-0.39, 0.29) is 0 Å². The van der Waals surface area contributed by atoms with Crippen molar-refractivity contribution >= 4 is 11.8 Å². The highest BCUT2D eigenvalue weighted by Crippen LogP contribution is 2.22. The number of benzene rings is 1. The van der Waals surface area contributed by atoms with Crippen molar-refractivity contribution in [3.63, 3.8) is 0 Å². The summed E-state index contributed by atoms with van der Waals surface area (Å²) in [5, 5.41) is 13.9. The van der Waals surface area contributed by atoms with Gasteiger partial charge in [-0.15, -0.1) is 11.8 Å². The van der Waals surface area contributed by atoms with Crippen molar-refractivity contribution in [2.45, 2.75) is 44.6 Å². The molecule has 0 amide bonds. The van der Waals surface area contributed by atoms with Crippen LogP contribution in [0.3, 0.4) is 0 Å². The smallest absolute Gasteiger partial charge is 0.229 e. The van der Waals surface area contributed by atoms with Crippen LogP contribution < -0.4 is 0 Å². The molecule has 2 rings (SSSR count). The molecule has 1 unspecified atom stereocenters. The summed E-state index contributed by atoms with van der Waals surface area (Å²) in [5.74, 6) is 2.57. The molecule has 1 aromatic heterocycles. The van der Waals surface area contributed by atoms with Gasteiger partial charge in [-0.3, -0.25) is 0 Å². The zero-order chi connectivity index (χ0) is 15.2. The summed E-state index contributed by atoms with van der Waals surface area (Å²) in [6.45, 7) is 6.29. The van der Waals surface area contributed by atoms with Gasteiger partial charge in [-0.1, -0.05) is 25.9 Å². The van der Waals surface area contributed by atoms with E-state index in [1.165, 1.54) is 4.90 Å². The third-order valence-electron chi connectivity index (χ3n) is 3.05. The topological polar surface area (TPSA) is 59.2 Å². The van der Waals surface area contributed by atoms with E-state index in [1.54, 1.807) is 11.8 Å². The second-order valence-corrected chi connectivity index (χ2v) is 6.79. The fourth-order valence-corrected chi connectivity index (χ4v) is 2.81. The number of hydrogen-bond acceptors (Lipinski definition) is 5. The Morgan fingerprint density at radius 1 is 1.24 bits per heavy atom. The van der Waals surface area contributed by atoms with Gasteiger partial charge >= 0.3 is 0 Å². The molecule has 0 aliphatic carbocycles. The molecule has 21 heavy (non-hydrogen) atoms. The predicted octanol–water partition coefficient (Wildman–Crippen LogP) is 3.80. The molecule has 2 aromatic rings. The molecular formula is C16H22N2O2S. The lowest BCUT2D eigenvalue weighted by Gasteiger charge is -2.09. The molecule has 1 N–H and O–H groups in total. The van der Waals surface area contributed by atoms with Crippen molar-refractivity contribution in [3.05, 3.63) is 30.2 Å². The van der Waals surface area contributed by atoms with Crippen molar-refractivity contribution < 1.29 is 9.63 Å². The molecule has 4 nitrogen and oxygen atoms in total. The van der Waals surface area contributed by atoms with Crippen LogP contribution in [0.5, 0.6) is 0 Å². The molecule has 0 aliphatic rings. The fraction of sp³-hybridized carbons (Fsp3) is 0.500.